The number of nitrogens with zero attached hydrogens (tertiary/aromatic N) is 3. The second kappa shape index (κ2) is 7.25. The van der Waals surface area contributed by atoms with Crippen LogP contribution in [0.25, 0.3) is 16.6 Å². The van der Waals surface area contributed by atoms with Crippen LogP contribution in [-0.2, 0) is 0 Å². The molecule has 4 aromatic rings. The van der Waals surface area contributed by atoms with E-state index in [0.29, 0.717) is 33.9 Å². The molecule has 0 saturated heterocycles. The number of ether oxygens (including phenoxy) is 1. The minimum Gasteiger partial charge on any atom is -0.495 e. The first-order chi connectivity index (χ1) is 13.2. The summed E-state index contributed by atoms with van der Waals surface area (Å²) in [4.78, 5) is 22.5. The summed E-state index contributed by atoms with van der Waals surface area (Å²) in [6.45, 7) is 0. The SMILES string of the molecule is COc1ccccc1-n1c(C(S)c2ccccn2)nc2ccccc2c1=O. The van der Waals surface area contributed by atoms with Crippen LogP contribution in [0.15, 0.2) is 77.7 Å². The van der Waals surface area contributed by atoms with E-state index in [-0.39, 0.29) is 5.56 Å². The molecule has 5 nitrogen and oxygen atoms in total. The van der Waals surface area contributed by atoms with E-state index in [4.69, 9.17) is 22.3 Å². The maximum absolute atomic E-state index is 13.4. The number of rotatable bonds is 4. The number of para-hydroxylation sites is 3. The second-order valence-corrected chi connectivity index (χ2v) is 6.47. The maximum Gasteiger partial charge on any atom is 0.266 e. The van der Waals surface area contributed by atoms with Gasteiger partial charge in [-0.15, -0.1) is 0 Å². The summed E-state index contributed by atoms with van der Waals surface area (Å²) in [6.07, 6.45) is 1.70. The van der Waals surface area contributed by atoms with Gasteiger partial charge >= 0.3 is 0 Å². The topological polar surface area (TPSA) is 57.0 Å². The molecular weight excluding hydrogens is 358 g/mol. The zero-order chi connectivity index (χ0) is 18.8. The molecule has 0 spiro atoms. The van der Waals surface area contributed by atoms with Gasteiger partial charge in [0.05, 0.1) is 29.4 Å². The minimum atomic E-state index is -0.478. The first-order valence-corrected chi connectivity index (χ1v) is 8.96. The molecule has 134 valence electrons. The largest absolute Gasteiger partial charge is 0.495 e. The molecule has 1 unspecified atom stereocenters. The fourth-order valence-corrected chi connectivity index (χ4v) is 3.38. The highest BCUT2D eigenvalue weighted by atomic mass is 32.1. The van der Waals surface area contributed by atoms with Gasteiger partial charge in [-0.05, 0) is 36.4 Å². The molecule has 0 aliphatic heterocycles. The molecule has 0 fully saturated rings. The van der Waals surface area contributed by atoms with Crippen molar-refractivity contribution in [2.75, 3.05) is 7.11 Å². The molecule has 1 atom stereocenters. The van der Waals surface area contributed by atoms with E-state index in [9.17, 15) is 4.79 Å². The van der Waals surface area contributed by atoms with Crippen LogP contribution < -0.4 is 10.3 Å². The van der Waals surface area contributed by atoms with Gasteiger partial charge < -0.3 is 4.74 Å². The normalized spacial score (nSPS) is 12.1. The molecule has 0 saturated carbocycles. The van der Waals surface area contributed by atoms with Gasteiger partial charge in [-0.3, -0.25) is 14.3 Å². The third kappa shape index (κ3) is 3.08. The molecular formula is C21H17N3O2S. The average molecular weight is 375 g/mol. The fourth-order valence-electron chi connectivity index (χ4n) is 3.05. The maximum atomic E-state index is 13.4. The predicted molar refractivity (Wildman–Crippen MR) is 109 cm³/mol. The lowest BCUT2D eigenvalue weighted by Crippen LogP contribution is -2.25. The van der Waals surface area contributed by atoms with Crippen molar-refractivity contribution in [3.8, 4) is 11.4 Å². The number of hydrogen-bond donors (Lipinski definition) is 1. The third-order valence-corrected chi connectivity index (χ3v) is 4.84. The van der Waals surface area contributed by atoms with Crippen molar-refractivity contribution in [3.63, 3.8) is 0 Å². The Labute approximate surface area is 161 Å². The summed E-state index contributed by atoms with van der Waals surface area (Å²) in [5.74, 6) is 1.07. The van der Waals surface area contributed by atoms with Gasteiger partial charge in [-0.1, -0.05) is 30.3 Å². The van der Waals surface area contributed by atoms with Gasteiger partial charge in [-0.2, -0.15) is 12.6 Å². The third-order valence-electron chi connectivity index (χ3n) is 4.34. The Kier molecular flexibility index (Phi) is 4.64. The summed E-state index contributed by atoms with van der Waals surface area (Å²) < 4.78 is 7.04. The van der Waals surface area contributed by atoms with Gasteiger partial charge in [0.1, 0.15) is 16.8 Å². The smallest absolute Gasteiger partial charge is 0.266 e. The van der Waals surface area contributed by atoms with Gasteiger partial charge in [0.15, 0.2) is 0 Å². The van der Waals surface area contributed by atoms with Crippen LogP contribution in [0.3, 0.4) is 0 Å². The number of benzene rings is 2. The van der Waals surface area contributed by atoms with Crippen molar-refractivity contribution in [1.29, 1.82) is 0 Å². The van der Waals surface area contributed by atoms with E-state index in [2.05, 4.69) is 4.98 Å². The van der Waals surface area contributed by atoms with Gasteiger partial charge in [0.25, 0.3) is 5.56 Å². The van der Waals surface area contributed by atoms with Crippen LogP contribution in [0, 0.1) is 0 Å². The van der Waals surface area contributed by atoms with E-state index in [1.807, 2.05) is 60.7 Å². The molecule has 27 heavy (non-hydrogen) atoms. The summed E-state index contributed by atoms with van der Waals surface area (Å²) >= 11 is 4.74. The monoisotopic (exact) mass is 375 g/mol. The zero-order valence-corrected chi connectivity index (χ0v) is 15.5. The second-order valence-electron chi connectivity index (χ2n) is 5.96. The lowest BCUT2D eigenvalue weighted by Gasteiger charge is -2.19. The number of hydrogen-bond acceptors (Lipinski definition) is 5. The number of pyridine rings is 1. The standard InChI is InChI=1S/C21H17N3O2S/c1-26-18-12-5-4-11-17(18)24-20(19(27)16-10-6-7-13-22-16)23-15-9-3-2-8-14(15)21(24)25/h2-13,19,27H,1H3. The molecule has 0 amide bonds. The summed E-state index contributed by atoms with van der Waals surface area (Å²) in [6, 6.07) is 20.2. The fraction of sp³-hybridized carbons (Fsp3) is 0.0952. The Morgan fingerprint density at radius 1 is 1.00 bits per heavy atom. The molecule has 4 rings (SSSR count). The molecule has 2 heterocycles. The molecule has 6 heteroatoms. The first kappa shape index (κ1) is 17.3. The van der Waals surface area contributed by atoms with E-state index in [1.54, 1.807) is 23.9 Å². The van der Waals surface area contributed by atoms with Gasteiger partial charge in [0, 0.05) is 6.20 Å². The van der Waals surface area contributed by atoms with Crippen molar-refractivity contribution in [3.05, 3.63) is 94.8 Å². The van der Waals surface area contributed by atoms with E-state index >= 15 is 0 Å². The minimum absolute atomic E-state index is 0.171. The Balaban J connectivity index is 2.06. The Morgan fingerprint density at radius 3 is 2.52 bits per heavy atom. The van der Waals surface area contributed by atoms with Crippen molar-refractivity contribution < 1.29 is 4.74 Å². The summed E-state index contributed by atoms with van der Waals surface area (Å²) in [5, 5.41) is 0.0575. The Hall–Kier alpha value is -3.12. The van der Waals surface area contributed by atoms with Crippen LogP contribution in [0.2, 0.25) is 0 Å². The quantitative estimate of drug-likeness (QED) is 0.551. The van der Waals surface area contributed by atoms with Crippen LogP contribution in [-0.4, -0.2) is 21.6 Å². The van der Waals surface area contributed by atoms with Gasteiger partial charge in [-0.25, -0.2) is 4.98 Å². The molecule has 0 N–H and O–H groups in total. The number of fused-ring (bicyclic) bond motifs is 1. The molecule has 2 aromatic carbocycles. The summed E-state index contributed by atoms with van der Waals surface area (Å²) in [7, 11) is 1.58. The number of methoxy groups -OCH3 is 1. The molecule has 0 bridgehead atoms. The van der Waals surface area contributed by atoms with Crippen molar-refractivity contribution in [2.45, 2.75) is 5.25 Å². The lowest BCUT2D eigenvalue weighted by molar-refractivity contribution is 0.412. The highest BCUT2D eigenvalue weighted by Gasteiger charge is 2.22. The average Bonchev–Trinajstić information content (AvgIpc) is 2.74. The molecule has 2 aromatic heterocycles. The molecule has 0 aliphatic rings. The Bertz CT molecular complexity index is 1160. The highest BCUT2D eigenvalue weighted by molar-refractivity contribution is 7.80. The van der Waals surface area contributed by atoms with Crippen molar-refractivity contribution in [2.24, 2.45) is 0 Å². The number of aromatic nitrogens is 3. The molecule has 0 aliphatic carbocycles. The Morgan fingerprint density at radius 2 is 1.74 bits per heavy atom. The van der Waals surface area contributed by atoms with Gasteiger partial charge in [0.2, 0.25) is 0 Å². The van der Waals surface area contributed by atoms with E-state index in [1.165, 1.54) is 0 Å². The lowest BCUT2D eigenvalue weighted by atomic mass is 10.2. The van der Waals surface area contributed by atoms with E-state index in [0.717, 1.165) is 0 Å². The van der Waals surface area contributed by atoms with Crippen LogP contribution in [0.4, 0.5) is 0 Å². The zero-order valence-electron chi connectivity index (χ0n) is 14.6. The highest BCUT2D eigenvalue weighted by Crippen LogP contribution is 2.30. The van der Waals surface area contributed by atoms with Crippen LogP contribution in [0.1, 0.15) is 16.8 Å². The molecule has 0 radical (unpaired) electrons. The van der Waals surface area contributed by atoms with Crippen LogP contribution >= 0.6 is 12.6 Å². The van der Waals surface area contributed by atoms with Crippen molar-refractivity contribution >= 4 is 23.5 Å². The number of thiol groups is 1. The van der Waals surface area contributed by atoms with Crippen molar-refractivity contribution in [1.82, 2.24) is 14.5 Å². The summed E-state index contributed by atoms with van der Waals surface area (Å²) in [5.41, 5.74) is 1.79. The predicted octanol–water partition coefficient (Wildman–Crippen LogP) is 3.81. The van der Waals surface area contributed by atoms with Crippen LogP contribution in [0.5, 0.6) is 5.75 Å². The van der Waals surface area contributed by atoms with E-state index < -0.39 is 5.25 Å². The first-order valence-electron chi connectivity index (χ1n) is 8.45.